The fourth-order valence-electron chi connectivity index (χ4n) is 7.10. The maximum atomic E-state index is 12.7. The molecule has 0 aromatic heterocycles. The highest BCUT2D eigenvalue weighted by atomic mass is 16.2. The van der Waals surface area contributed by atoms with E-state index in [1.54, 1.807) is 0 Å². The van der Waals surface area contributed by atoms with E-state index in [9.17, 15) is 9.59 Å². The highest BCUT2D eigenvalue weighted by Crippen LogP contribution is 2.61. The number of anilines is 2. The van der Waals surface area contributed by atoms with Gasteiger partial charge in [0.2, 0.25) is 11.8 Å². The van der Waals surface area contributed by atoms with Crippen LogP contribution < -0.4 is 15.5 Å². The van der Waals surface area contributed by atoms with Gasteiger partial charge in [0.15, 0.2) is 0 Å². The van der Waals surface area contributed by atoms with Gasteiger partial charge in [0.1, 0.15) is 0 Å². The number of para-hydroxylation sites is 2. The molecular formula is C24H33N3O2. The molecule has 29 heavy (non-hydrogen) atoms. The van der Waals surface area contributed by atoms with Crippen LogP contribution in [0.1, 0.15) is 57.8 Å². The predicted octanol–water partition coefficient (Wildman–Crippen LogP) is 3.95. The number of nitrogens with one attached hydrogen (secondary N) is 2. The highest BCUT2D eigenvalue weighted by molar-refractivity contribution is 5.97. The van der Waals surface area contributed by atoms with Gasteiger partial charge in [-0.3, -0.25) is 9.59 Å². The lowest BCUT2D eigenvalue weighted by Gasteiger charge is -2.56. The Hall–Kier alpha value is -2.04. The van der Waals surface area contributed by atoms with E-state index >= 15 is 0 Å². The van der Waals surface area contributed by atoms with Crippen molar-refractivity contribution < 1.29 is 9.59 Å². The first-order chi connectivity index (χ1) is 14.1. The Balaban J connectivity index is 1.14. The van der Waals surface area contributed by atoms with Crippen LogP contribution in [0.25, 0.3) is 0 Å². The number of rotatable bonds is 6. The summed E-state index contributed by atoms with van der Waals surface area (Å²) in [6, 6.07) is 7.97. The molecule has 6 rings (SSSR count). The average molecular weight is 396 g/mol. The first-order valence-electron chi connectivity index (χ1n) is 11.5. The van der Waals surface area contributed by atoms with E-state index in [-0.39, 0.29) is 23.8 Å². The summed E-state index contributed by atoms with van der Waals surface area (Å²) in [5.74, 6) is 2.45. The van der Waals surface area contributed by atoms with Crippen LogP contribution in [0.5, 0.6) is 0 Å². The van der Waals surface area contributed by atoms with Gasteiger partial charge in [-0.2, -0.15) is 0 Å². The second-order valence-electron chi connectivity index (χ2n) is 10.1. The predicted molar refractivity (Wildman–Crippen MR) is 115 cm³/mol. The Morgan fingerprint density at radius 2 is 1.55 bits per heavy atom. The second kappa shape index (κ2) is 7.66. The summed E-state index contributed by atoms with van der Waals surface area (Å²) in [7, 11) is 0. The third kappa shape index (κ3) is 4.01. The molecule has 2 N–H and O–H groups in total. The van der Waals surface area contributed by atoms with Gasteiger partial charge in [0, 0.05) is 19.5 Å². The first kappa shape index (κ1) is 19.0. The fraction of sp³-hybridized carbons (Fsp3) is 0.667. The Bertz CT molecular complexity index is 749. The number of carbonyl (C=O) groups excluding carboxylic acids is 2. The van der Waals surface area contributed by atoms with Crippen LogP contribution in [0.2, 0.25) is 0 Å². The fourth-order valence-corrected chi connectivity index (χ4v) is 7.10. The van der Waals surface area contributed by atoms with Crippen molar-refractivity contribution in [2.75, 3.05) is 29.9 Å². The number of hydrogen-bond donors (Lipinski definition) is 2. The SMILES string of the molecule is O=C(CC12CC3CC(CC(C3)C1)C2)NCC(=O)Nc1ccccc1N1CCCC1. The zero-order chi connectivity index (χ0) is 19.8. The van der Waals surface area contributed by atoms with Crippen LogP contribution in [0.15, 0.2) is 24.3 Å². The number of nitrogens with zero attached hydrogens (tertiary/aromatic N) is 1. The summed E-state index contributed by atoms with van der Waals surface area (Å²) in [6.45, 7) is 2.13. The smallest absolute Gasteiger partial charge is 0.243 e. The Labute approximate surface area is 173 Å². The van der Waals surface area contributed by atoms with Crippen molar-refractivity contribution in [2.24, 2.45) is 23.2 Å². The van der Waals surface area contributed by atoms with Crippen LogP contribution in [-0.2, 0) is 9.59 Å². The quantitative estimate of drug-likeness (QED) is 0.767. The van der Waals surface area contributed by atoms with Gasteiger partial charge in [-0.15, -0.1) is 0 Å². The van der Waals surface area contributed by atoms with E-state index < -0.39 is 0 Å². The highest BCUT2D eigenvalue weighted by Gasteiger charge is 2.51. The molecule has 5 heteroatoms. The third-order valence-electron chi connectivity index (χ3n) is 7.77. The number of carbonyl (C=O) groups is 2. The van der Waals surface area contributed by atoms with Crippen molar-refractivity contribution in [3.8, 4) is 0 Å². The molecule has 4 bridgehead atoms. The van der Waals surface area contributed by atoms with Crippen LogP contribution >= 0.6 is 0 Å². The van der Waals surface area contributed by atoms with Crippen LogP contribution in [-0.4, -0.2) is 31.4 Å². The summed E-state index contributed by atoms with van der Waals surface area (Å²) < 4.78 is 0. The van der Waals surface area contributed by atoms with Gasteiger partial charge in [-0.25, -0.2) is 0 Å². The van der Waals surface area contributed by atoms with Crippen molar-refractivity contribution in [1.29, 1.82) is 0 Å². The second-order valence-corrected chi connectivity index (χ2v) is 10.1. The minimum atomic E-state index is -0.143. The van der Waals surface area contributed by atoms with Gasteiger partial charge in [-0.05, 0) is 86.7 Å². The zero-order valence-electron chi connectivity index (χ0n) is 17.3. The molecule has 5 nitrogen and oxygen atoms in total. The number of hydrogen-bond acceptors (Lipinski definition) is 3. The molecule has 4 aliphatic carbocycles. The lowest BCUT2D eigenvalue weighted by molar-refractivity contribution is -0.131. The van der Waals surface area contributed by atoms with Gasteiger partial charge in [0.05, 0.1) is 17.9 Å². The van der Waals surface area contributed by atoms with E-state index in [1.807, 2.05) is 18.2 Å². The van der Waals surface area contributed by atoms with Gasteiger partial charge in [0.25, 0.3) is 0 Å². The molecule has 0 atom stereocenters. The monoisotopic (exact) mass is 395 g/mol. The molecule has 156 valence electrons. The maximum absolute atomic E-state index is 12.7. The molecule has 1 aliphatic heterocycles. The normalized spacial score (nSPS) is 32.4. The summed E-state index contributed by atoms with van der Waals surface area (Å²) in [5.41, 5.74) is 2.14. The van der Waals surface area contributed by atoms with E-state index in [1.165, 1.54) is 51.4 Å². The molecule has 5 fully saturated rings. The largest absolute Gasteiger partial charge is 0.370 e. The van der Waals surface area contributed by atoms with Crippen LogP contribution in [0.4, 0.5) is 11.4 Å². The first-order valence-corrected chi connectivity index (χ1v) is 11.5. The lowest BCUT2D eigenvalue weighted by atomic mass is 9.49. The summed E-state index contributed by atoms with van der Waals surface area (Å²) in [5, 5.41) is 5.91. The molecule has 0 spiro atoms. The standard InChI is InChI=1S/C24H33N3O2/c28-22(15-24-12-17-9-18(13-24)11-19(10-17)14-24)25-16-23(29)26-20-5-1-2-6-21(20)27-7-3-4-8-27/h1-2,5-6,17-19H,3-4,7-16H2,(H,25,28)(H,26,29). The molecule has 1 saturated heterocycles. The molecule has 5 aliphatic rings. The molecule has 2 amide bonds. The van der Waals surface area contributed by atoms with Gasteiger partial charge >= 0.3 is 0 Å². The molecule has 0 radical (unpaired) electrons. The average Bonchev–Trinajstić information content (AvgIpc) is 3.20. The maximum Gasteiger partial charge on any atom is 0.243 e. The zero-order valence-corrected chi connectivity index (χ0v) is 17.3. The molecule has 4 saturated carbocycles. The Kier molecular flexibility index (Phi) is 5.00. The topological polar surface area (TPSA) is 61.4 Å². The Morgan fingerprint density at radius 3 is 2.21 bits per heavy atom. The van der Waals surface area contributed by atoms with Crippen molar-refractivity contribution in [3.05, 3.63) is 24.3 Å². The number of amides is 2. The summed E-state index contributed by atoms with van der Waals surface area (Å²) in [4.78, 5) is 27.5. The van der Waals surface area contributed by atoms with E-state index in [0.29, 0.717) is 6.42 Å². The van der Waals surface area contributed by atoms with Crippen molar-refractivity contribution in [1.82, 2.24) is 5.32 Å². The van der Waals surface area contributed by atoms with Crippen LogP contribution in [0, 0.1) is 23.2 Å². The lowest BCUT2D eigenvalue weighted by Crippen LogP contribution is -2.48. The van der Waals surface area contributed by atoms with E-state index in [2.05, 4.69) is 21.6 Å². The molecule has 1 heterocycles. The van der Waals surface area contributed by atoms with Crippen LogP contribution in [0.3, 0.4) is 0 Å². The Morgan fingerprint density at radius 1 is 0.931 bits per heavy atom. The van der Waals surface area contributed by atoms with Crippen molar-refractivity contribution >= 4 is 23.2 Å². The number of benzene rings is 1. The molecule has 1 aromatic rings. The summed E-state index contributed by atoms with van der Waals surface area (Å²) >= 11 is 0. The van der Waals surface area contributed by atoms with E-state index in [0.717, 1.165) is 42.2 Å². The minimum absolute atomic E-state index is 0.0509. The minimum Gasteiger partial charge on any atom is -0.370 e. The summed E-state index contributed by atoms with van der Waals surface area (Å²) in [6.07, 6.45) is 10.8. The molecular weight excluding hydrogens is 362 g/mol. The van der Waals surface area contributed by atoms with Gasteiger partial charge in [-0.1, -0.05) is 12.1 Å². The third-order valence-corrected chi connectivity index (χ3v) is 7.77. The van der Waals surface area contributed by atoms with Crippen molar-refractivity contribution in [2.45, 2.75) is 57.8 Å². The molecule has 0 unspecified atom stereocenters. The van der Waals surface area contributed by atoms with Gasteiger partial charge < -0.3 is 15.5 Å². The van der Waals surface area contributed by atoms with E-state index in [4.69, 9.17) is 0 Å². The van der Waals surface area contributed by atoms with Crippen molar-refractivity contribution in [3.63, 3.8) is 0 Å². The molecule has 1 aromatic carbocycles.